The molecular weight excluding hydrogens is 475 g/mol. The highest BCUT2D eigenvalue weighted by Gasteiger charge is 2.15. The lowest BCUT2D eigenvalue weighted by Gasteiger charge is -2.20. The zero-order valence-corrected chi connectivity index (χ0v) is 19.8. The van der Waals surface area contributed by atoms with Crippen molar-refractivity contribution < 1.29 is 4.79 Å². The van der Waals surface area contributed by atoms with E-state index in [1.54, 1.807) is 11.3 Å². The number of anilines is 1. The number of likely N-dealkylation sites (tertiary alicyclic amines) is 1. The van der Waals surface area contributed by atoms with E-state index in [1.165, 1.54) is 6.42 Å². The first-order chi connectivity index (χ1) is 12.6. The van der Waals surface area contributed by atoms with E-state index in [9.17, 15) is 4.79 Å². The SMILES string of the molecule is CCNC(=NCc1csc(N(C)C)n1)NCCCN1CCCCCC1=O.I. The van der Waals surface area contributed by atoms with E-state index < -0.39 is 0 Å². The zero-order chi connectivity index (χ0) is 18.8. The van der Waals surface area contributed by atoms with Gasteiger partial charge in [-0.15, -0.1) is 35.3 Å². The molecule has 27 heavy (non-hydrogen) atoms. The Balaban J connectivity index is 0.00000364. The Morgan fingerprint density at radius 2 is 2.15 bits per heavy atom. The Morgan fingerprint density at radius 3 is 2.85 bits per heavy atom. The number of nitrogens with zero attached hydrogens (tertiary/aromatic N) is 4. The van der Waals surface area contributed by atoms with Crippen molar-refractivity contribution in [2.75, 3.05) is 45.2 Å². The highest BCUT2D eigenvalue weighted by atomic mass is 127. The average molecular weight is 508 g/mol. The number of guanidine groups is 1. The summed E-state index contributed by atoms with van der Waals surface area (Å²) >= 11 is 1.63. The third kappa shape index (κ3) is 8.63. The number of carbonyl (C=O) groups excluding carboxylic acids is 1. The van der Waals surface area contributed by atoms with Gasteiger partial charge >= 0.3 is 0 Å². The van der Waals surface area contributed by atoms with Crippen molar-refractivity contribution in [3.8, 4) is 0 Å². The largest absolute Gasteiger partial charge is 0.357 e. The molecule has 2 N–H and O–H groups in total. The second-order valence-corrected chi connectivity index (χ2v) is 7.52. The Morgan fingerprint density at radius 1 is 1.33 bits per heavy atom. The fourth-order valence-electron chi connectivity index (χ4n) is 2.83. The molecule has 1 fully saturated rings. The van der Waals surface area contributed by atoms with Crippen molar-refractivity contribution >= 4 is 52.3 Å². The van der Waals surface area contributed by atoms with Crippen LogP contribution in [0.3, 0.4) is 0 Å². The van der Waals surface area contributed by atoms with Crippen LogP contribution in [-0.2, 0) is 11.3 Å². The maximum absolute atomic E-state index is 12.0. The maximum Gasteiger partial charge on any atom is 0.222 e. The van der Waals surface area contributed by atoms with Crippen LogP contribution in [0, 0.1) is 0 Å². The van der Waals surface area contributed by atoms with Crippen molar-refractivity contribution in [1.29, 1.82) is 0 Å². The summed E-state index contributed by atoms with van der Waals surface area (Å²) < 4.78 is 0. The second kappa shape index (κ2) is 13.1. The molecule has 1 aliphatic heterocycles. The molecule has 0 atom stereocenters. The van der Waals surface area contributed by atoms with Crippen molar-refractivity contribution in [3.63, 3.8) is 0 Å². The third-order valence-corrected chi connectivity index (χ3v) is 5.29. The summed E-state index contributed by atoms with van der Waals surface area (Å²) in [6.07, 6.45) is 4.98. The summed E-state index contributed by atoms with van der Waals surface area (Å²) in [5.74, 6) is 1.11. The number of aromatic nitrogens is 1. The Hall–Kier alpha value is -1.10. The number of thiazole rings is 1. The molecule has 1 amide bonds. The Kier molecular flexibility index (Phi) is 11.7. The summed E-state index contributed by atoms with van der Waals surface area (Å²) in [5.41, 5.74) is 0.978. The fraction of sp³-hybridized carbons (Fsp3) is 0.722. The molecule has 2 heterocycles. The van der Waals surface area contributed by atoms with E-state index in [-0.39, 0.29) is 24.0 Å². The van der Waals surface area contributed by atoms with Crippen molar-refractivity contribution in [3.05, 3.63) is 11.1 Å². The molecule has 9 heteroatoms. The van der Waals surface area contributed by atoms with Crippen LogP contribution in [-0.4, -0.2) is 62.0 Å². The average Bonchev–Trinajstić information content (AvgIpc) is 3.01. The molecule has 0 radical (unpaired) electrons. The number of carbonyl (C=O) groups is 1. The van der Waals surface area contributed by atoms with Gasteiger partial charge in [-0.2, -0.15) is 0 Å². The molecule has 2 rings (SSSR count). The molecule has 0 spiro atoms. The summed E-state index contributed by atoms with van der Waals surface area (Å²) in [6, 6.07) is 0. The normalized spacial score (nSPS) is 15.1. The summed E-state index contributed by atoms with van der Waals surface area (Å²) in [4.78, 5) is 25.2. The van der Waals surface area contributed by atoms with Gasteiger partial charge in [0.15, 0.2) is 11.1 Å². The van der Waals surface area contributed by atoms with Crippen LogP contribution in [0.2, 0.25) is 0 Å². The van der Waals surface area contributed by atoms with Gasteiger partial charge in [0.1, 0.15) is 0 Å². The predicted molar refractivity (Wildman–Crippen MR) is 124 cm³/mol. The van der Waals surface area contributed by atoms with E-state index in [0.29, 0.717) is 18.9 Å². The number of nitrogens with one attached hydrogen (secondary N) is 2. The first kappa shape index (κ1) is 23.9. The summed E-state index contributed by atoms with van der Waals surface area (Å²) in [7, 11) is 3.99. The fourth-order valence-corrected chi connectivity index (χ4v) is 3.58. The number of hydrogen-bond acceptors (Lipinski definition) is 5. The standard InChI is InChI=1S/C18H32N6OS.HI/c1-4-19-17(21-13-15-14-26-18(22-15)23(2)3)20-10-8-12-24-11-7-5-6-9-16(24)25;/h14H,4-13H2,1-3H3,(H2,19,20,21);1H. The molecule has 7 nitrogen and oxygen atoms in total. The van der Waals surface area contributed by atoms with Crippen molar-refractivity contribution in [1.82, 2.24) is 20.5 Å². The van der Waals surface area contributed by atoms with E-state index in [4.69, 9.17) is 0 Å². The highest BCUT2D eigenvalue weighted by Crippen LogP contribution is 2.18. The number of amides is 1. The Bertz CT molecular complexity index is 592. The van der Waals surface area contributed by atoms with Gasteiger partial charge in [-0.25, -0.2) is 9.98 Å². The summed E-state index contributed by atoms with van der Waals surface area (Å²) in [5, 5.41) is 9.66. The van der Waals surface area contributed by atoms with Crippen LogP contribution in [0.5, 0.6) is 0 Å². The minimum absolute atomic E-state index is 0. The molecule has 0 aliphatic carbocycles. The number of halogens is 1. The van der Waals surface area contributed by atoms with Gasteiger partial charge in [-0.3, -0.25) is 4.79 Å². The molecule has 0 unspecified atom stereocenters. The quantitative estimate of drug-likeness (QED) is 0.245. The minimum atomic E-state index is 0. The monoisotopic (exact) mass is 508 g/mol. The van der Waals surface area contributed by atoms with Gasteiger partial charge in [0.25, 0.3) is 0 Å². The lowest BCUT2D eigenvalue weighted by atomic mass is 10.2. The predicted octanol–water partition coefficient (Wildman–Crippen LogP) is 2.67. The van der Waals surface area contributed by atoms with Gasteiger partial charge in [0.05, 0.1) is 12.2 Å². The lowest BCUT2D eigenvalue weighted by Crippen LogP contribution is -2.39. The van der Waals surface area contributed by atoms with E-state index in [2.05, 4.69) is 27.5 Å². The van der Waals surface area contributed by atoms with E-state index >= 15 is 0 Å². The van der Waals surface area contributed by atoms with Gasteiger partial charge in [-0.1, -0.05) is 6.42 Å². The summed E-state index contributed by atoms with van der Waals surface area (Å²) in [6.45, 7) is 5.96. The third-order valence-electron chi connectivity index (χ3n) is 4.23. The van der Waals surface area contributed by atoms with E-state index in [0.717, 1.165) is 62.2 Å². The van der Waals surface area contributed by atoms with Crippen LogP contribution in [0.4, 0.5) is 5.13 Å². The van der Waals surface area contributed by atoms with Crippen LogP contribution < -0.4 is 15.5 Å². The van der Waals surface area contributed by atoms with Crippen LogP contribution in [0.1, 0.15) is 44.7 Å². The van der Waals surface area contributed by atoms with Gasteiger partial charge < -0.3 is 20.4 Å². The topological polar surface area (TPSA) is 72.9 Å². The van der Waals surface area contributed by atoms with Crippen LogP contribution in [0.15, 0.2) is 10.4 Å². The van der Waals surface area contributed by atoms with Crippen LogP contribution in [0.25, 0.3) is 0 Å². The molecule has 0 bridgehead atoms. The second-order valence-electron chi connectivity index (χ2n) is 6.68. The zero-order valence-electron chi connectivity index (χ0n) is 16.7. The number of hydrogen-bond donors (Lipinski definition) is 2. The molecular formula is C18H33IN6OS. The molecule has 0 aromatic carbocycles. The maximum atomic E-state index is 12.0. The minimum Gasteiger partial charge on any atom is -0.357 e. The molecule has 1 saturated heterocycles. The van der Waals surface area contributed by atoms with Gasteiger partial charge in [0.2, 0.25) is 5.91 Å². The molecule has 1 aromatic heterocycles. The number of aliphatic imine (C=N–C) groups is 1. The van der Waals surface area contributed by atoms with Crippen molar-refractivity contribution in [2.45, 2.75) is 45.6 Å². The first-order valence-corrected chi connectivity index (χ1v) is 10.4. The van der Waals surface area contributed by atoms with Crippen molar-refractivity contribution in [2.24, 2.45) is 4.99 Å². The van der Waals surface area contributed by atoms with Gasteiger partial charge in [0, 0.05) is 52.1 Å². The van der Waals surface area contributed by atoms with Gasteiger partial charge in [-0.05, 0) is 26.2 Å². The molecule has 0 saturated carbocycles. The lowest BCUT2D eigenvalue weighted by molar-refractivity contribution is -0.130. The smallest absolute Gasteiger partial charge is 0.222 e. The number of rotatable bonds is 8. The molecule has 1 aromatic rings. The Labute approximate surface area is 184 Å². The first-order valence-electron chi connectivity index (χ1n) is 9.52. The molecule has 154 valence electrons. The highest BCUT2D eigenvalue weighted by molar-refractivity contribution is 14.0. The van der Waals surface area contributed by atoms with E-state index in [1.807, 2.05) is 29.3 Å². The van der Waals surface area contributed by atoms with Crippen LogP contribution >= 0.6 is 35.3 Å². The molecule has 1 aliphatic rings.